The van der Waals surface area contributed by atoms with E-state index >= 15 is 0 Å². The number of nitrogens with zero attached hydrogens (tertiary/aromatic N) is 1. The van der Waals surface area contributed by atoms with Crippen LogP contribution in [0, 0.1) is 6.92 Å². The summed E-state index contributed by atoms with van der Waals surface area (Å²) in [4.78, 5) is 16.5. The minimum Gasteiger partial charge on any atom is -0.507 e. The van der Waals surface area contributed by atoms with Crippen molar-refractivity contribution in [3.63, 3.8) is 0 Å². The third-order valence-corrected chi connectivity index (χ3v) is 3.62. The molecule has 1 heterocycles. The van der Waals surface area contributed by atoms with Crippen LogP contribution < -0.4 is 11.4 Å². The fourth-order valence-corrected chi connectivity index (χ4v) is 2.61. The van der Waals surface area contributed by atoms with Crippen LogP contribution in [0.4, 0.5) is 11.4 Å². The van der Waals surface area contributed by atoms with E-state index in [1.165, 1.54) is 6.07 Å². The second kappa shape index (κ2) is 5.61. The number of aromatic hydroxyl groups is 1. The van der Waals surface area contributed by atoms with E-state index in [0.717, 1.165) is 10.8 Å². The van der Waals surface area contributed by atoms with E-state index in [9.17, 15) is 9.90 Å². The minimum absolute atomic E-state index is 0.0575. The van der Waals surface area contributed by atoms with Gasteiger partial charge in [-0.2, -0.15) is 0 Å². The number of benzene rings is 2. The number of anilines is 1. The first kappa shape index (κ1) is 14.8. The highest BCUT2D eigenvalue weighted by Crippen LogP contribution is 2.31. The van der Waals surface area contributed by atoms with Crippen LogP contribution in [0.2, 0.25) is 0 Å². The summed E-state index contributed by atoms with van der Waals surface area (Å²) in [5.41, 5.74) is 7.11. The highest BCUT2D eigenvalue weighted by atomic mass is 16.4. The van der Waals surface area contributed by atoms with Gasteiger partial charge < -0.3 is 15.3 Å². The predicted octanol–water partition coefficient (Wildman–Crippen LogP) is 3.53. The van der Waals surface area contributed by atoms with E-state index in [-0.39, 0.29) is 11.3 Å². The zero-order valence-corrected chi connectivity index (χ0v) is 12.8. The molecule has 0 radical (unpaired) electrons. The number of nitrogen functional groups attached to an aromatic ring is 1. The lowest BCUT2D eigenvalue weighted by Crippen LogP contribution is -2.12. The molecular weight excluding hydrogens is 292 g/mol. The Labute approximate surface area is 132 Å². The maximum Gasteiger partial charge on any atom is 0.348 e. The molecule has 0 saturated heterocycles. The molecule has 0 atom stereocenters. The average molecular weight is 308 g/mol. The smallest absolute Gasteiger partial charge is 0.348 e. The van der Waals surface area contributed by atoms with Gasteiger partial charge in [-0.05, 0) is 31.4 Å². The van der Waals surface area contributed by atoms with Gasteiger partial charge >= 0.3 is 5.63 Å². The van der Waals surface area contributed by atoms with Gasteiger partial charge in [0, 0.05) is 17.1 Å². The Morgan fingerprint density at radius 2 is 1.91 bits per heavy atom. The van der Waals surface area contributed by atoms with Crippen molar-refractivity contribution in [2.24, 2.45) is 4.99 Å². The molecule has 5 nitrogen and oxygen atoms in total. The zero-order chi connectivity index (χ0) is 16.6. The molecule has 0 aliphatic rings. The standard InChI is InChI=1S/C18H16N2O3/c1-10-9-15(21)16(18(22)23-10)11(2)20-14-8-4-6-12-5-3-7-13(19)17(12)14/h3-9,21H,19H2,1-2H3. The molecule has 0 fully saturated rings. The fraction of sp³-hybridized carbons (Fsp3) is 0.111. The molecule has 3 rings (SSSR count). The van der Waals surface area contributed by atoms with Crippen LogP contribution in [0.3, 0.4) is 0 Å². The van der Waals surface area contributed by atoms with E-state index in [4.69, 9.17) is 10.2 Å². The van der Waals surface area contributed by atoms with E-state index < -0.39 is 5.63 Å². The average Bonchev–Trinajstić information content (AvgIpc) is 2.46. The second-order valence-electron chi connectivity index (χ2n) is 5.32. The fourth-order valence-electron chi connectivity index (χ4n) is 2.61. The zero-order valence-electron chi connectivity index (χ0n) is 12.8. The number of hydrogen-bond donors (Lipinski definition) is 2. The normalized spacial score (nSPS) is 11.8. The van der Waals surface area contributed by atoms with Crippen molar-refractivity contribution in [3.8, 4) is 5.75 Å². The SMILES string of the molecule is CC(=Nc1cccc2cccc(N)c12)c1c(O)cc(C)oc1=O. The highest BCUT2D eigenvalue weighted by Gasteiger charge is 2.13. The van der Waals surface area contributed by atoms with Gasteiger partial charge in [-0.3, -0.25) is 4.99 Å². The molecule has 0 aliphatic heterocycles. The van der Waals surface area contributed by atoms with Gasteiger partial charge in [0.15, 0.2) is 0 Å². The van der Waals surface area contributed by atoms with Gasteiger partial charge in [0.25, 0.3) is 0 Å². The summed E-state index contributed by atoms with van der Waals surface area (Å²) in [5, 5.41) is 11.8. The van der Waals surface area contributed by atoms with Crippen molar-refractivity contribution >= 4 is 27.9 Å². The summed E-state index contributed by atoms with van der Waals surface area (Å²) in [5.74, 6) is 0.201. The Morgan fingerprint density at radius 3 is 2.61 bits per heavy atom. The summed E-state index contributed by atoms with van der Waals surface area (Å²) in [6.07, 6.45) is 0. The van der Waals surface area contributed by atoms with Crippen LogP contribution in [0.1, 0.15) is 18.2 Å². The summed E-state index contributed by atoms with van der Waals surface area (Å²) >= 11 is 0. The molecule has 0 spiro atoms. The first-order valence-corrected chi connectivity index (χ1v) is 7.14. The molecule has 3 N–H and O–H groups in total. The van der Waals surface area contributed by atoms with Gasteiger partial charge in [-0.15, -0.1) is 0 Å². The van der Waals surface area contributed by atoms with E-state index in [1.807, 2.05) is 30.3 Å². The van der Waals surface area contributed by atoms with Crippen LogP contribution in [-0.2, 0) is 0 Å². The molecular formula is C18H16N2O3. The number of fused-ring (bicyclic) bond motifs is 1. The molecule has 3 aromatic rings. The van der Waals surface area contributed by atoms with E-state index in [0.29, 0.717) is 22.8 Å². The third kappa shape index (κ3) is 2.68. The van der Waals surface area contributed by atoms with Crippen molar-refractivity contribution in [3.05, 3.63) is 64.2 Å². The Kier molecular flexibility index (Phi) is 3.62. The lowest BCUT2D eigenvalue weighted by Gasteiger charge is -2.07. The molecule has 23 heavy (non-hydrogen) atoms. The van der Waals surface area contributed by atoms with Crippen LogP contribution in [0.25, 0.3) is 10.8 Å². The van der Waals surface area contributed by atoms with E-state index in [1.54, 1.807) is 19.9 Å². The molecule has 2 aromatic carbocycles. The van der Waals surface area contributed by atoms with Crippen molar-refractivity contribution < 1.29 is 9.52 Å². The Bertz CT molecular complexity index is 982. The summed E-state index contributed by atoms with van der Waals surface area (Å²) in [6, 6.07) is 12.6. The molecule has 0 saturated carbocycles. The van der Waals surface area contributed by atoms with Gasteiger partial charge in [-0.25, -0.2) is 4.79 Å². The predicted molar refractivity (Wildman–Crippen MR) is 91.6 cm³/mol. The largest absolute Gasteiger partial charge is 0.507 e. The molecule has 1 aromatic heterocycles. The lowest BCUT2D eigenvalue weighted by atomic mass is 10.1. The quantitative estimate of drug-likeness (QED) is 0.560. The first-order valence-electron chi connectivity index (χ1n) is 7.14. The number of nitrogens with two attached hydrogens (primary N) is 1. The Morgan fingerprint density at radius 1 is 1.22 bits per heavy atom. The van der Waals surface area contributed by atoms with Crippen LogP contribution in [-0.4, -0.2) is 10.8 Å². The maximum atomic E-state index is 12.0. The van der Waals surface area contributed by atoms with Crippen LogP contribution >= 0.6 is 0 Å². The number of rotatable bonds is 2. The summed E-state index contributed by atoms with van der Waals surface area (Å²) < 4.78 is 5.04. The molecule has 5 heteroatoms. The number of aliphatic imine (C=N–C) groups is 1. The molecule has 116 valence electrons. The topological polar surface area (TPSA) is 88.8 Å². The molecule has 0 amide bonds. The second-order valence-corrected chi connectivity index (χ2v) is 5.32. The summed E-state index contributed by atoms with van der Waals surface area (Å²) in [7, 11) is 0. The van der Waals surface area contributed by atoms with Crippen LogP contribution in [0.5, 0.6) is 5.75 Å². The van der Waals surface area contributed by atoms with Crippen molar-refractivity contribution in [1.82, 2.24) is 0 Å². The number of aryl methyl sites for hydroxylation is 1. The maximum absolute atomic E-state index is 12.0. The Hall–Kier alpha value is -3.08. The molecule has 0 aliphatic carbocycles. The Balaban J connectivity index is 2.22. The number of hydrogen-bond acceptors (Lipinski definition) is 5. The molecule has 0 bridgehead atoms. The summed E-state index contributed by atoms with van der Waals surface area (Å²) in [6.45, 7) is 3.25. The third-order valence-electron chi connectivity index (χ3n) is 3.62. The van der Waals surface area contributed by atoms with E-state index in [2.05, 4.69) is 4.99 Å². The van der Waals surface area contributed by atoms with Gasteiger partial charge in [-0.1, -0.05) is 24.3 Å². The first-order chi connectivity index (χ1) is 11.0. The molecule has 0 unspecified atom stereocenters. The van der Waals surface area contributed by atoms with Crippen LogP contribution in [0.15, 0.2) is 56.7 Å². The van der Waals surface area contributed by atoms with Crippen molar-refractivity contribution in [2.75, 3.05) is 5.73 Å². The van der Waals surface area contributed by atoms with Gasteiger partial charge in [0.2, 0.25) is 0 Å². The lowest BCUT2D eigenvalue weighted by molar-refractivity contribution is 0.432. The monoisotopic (exact) mass is 308 g/mol. The van der Waals surface area contributed by atoms with Gasteiger partial charge in [0.05, 0.1) is 11.4 Å². The highest BCUT2D eigenvalue weighted by molar-refractivity contribution is 6.07. The van der Waals surface area contributed by atoms with Crippen molar-refractivity contribution in [2.45, 2.75) is 13.8 Å². The van der Waals surface area contributed by atoms with Gasteiger partial charge in [0.1, 0.15) is 17.1 Å². The minimum atomic E-state index is -0.614. The van der Waals surface area contributed by atoms with Crippen molar-refractivity contribution in [1.29, 1.82) is 0 Å².